The molecule has 0 fully saturated rings. The number of methoxy groups -OCH3 is 1. The van der Waals surface area contributed by atoms with Crippen LogP contribution in [0.3, 0.4) is 0 Å². The van der Waals surface area contributed by atoms with Crippen LogP contribution in [0.2, 0.25) is 0 Å². The van der Waals surface area contributed by atoms with Crippen LogP contribution in [0.25, 0.3) is 0 Å². The van der Waals surface area contributed by atoms with Crippen LogP contribution in [-0.2, 0) is 11.2 Å². The third kappa shape index (κ3) is 1.81. The second-order valence-electron chi connectivity index (χ2n) is 4.64. The number of para-hydroxylation sites is 1. The normalized spacial score (nSPS) is 16.8. The van der Waals surface area contributed by atoms with Crippen molar-refractivity contribution in [2.24, 2.45) is 0 Å². The maximum atomic E-state index is 10.3. The van der Waals surface area contributed by atoms with Crippen molar-refractivity contribution in [2.75, 3.05) is 13.7 Å². The van der Waals surface area contributed by atoms with Crippen LogP contribution >= 0.6 is 0 Å². The Labute approximate surface area is 96.0 Å². The van der Waals surface area contributed by atoms with Crippen molar-refractivity contribution in [3.8, 4) is 5.75 Å². The zero-order valence-electron chi connectivity index (χ0n) is 9.99. The summed E-state index contributed by atoms with van der Waals surface area (Å²) in [5.74, 6) is 0.833. The van der Waals surface area contributed by atoms with E-state index in [0.717, 1.165) is 17.7 Å². The Morgan fingerprint density at radius 1 is 1.44 bits per heavy atom. The highest BCUT2D eigenvalue weighted by Crippen LogP contribution is 2.38. The quantitative estimate of drug-likeness (QED) is 0.851. The van der Waals surface area contributed by atoms with E-state index in [1.54, 1.807) is 7.11 Å². The third-order valence-electron chi connectivity index (χ3n) is 3.22. The van der Waals surface area contributed by atoms with Gasteiger partial charge in [-0.3, -0.25) is 0 Å². The first-order chi connectivity index (χ1) is 7.56. The van der Waals surface area contributed by atoms with E-state index in [9.17, 15) is 5.11 Å². The first kappa shape index (κ1) is 11.4. The Morgan fingerprint density at radius 2 is 2.19 bits per heavy atom. The predicted octanol–water partition coefficient (Wildman–Crippen LogP) is 2.08. The van der Waals surface area contributed by atoms with Gasteiger partial charge >= 0.3 is 0 Å². The van der Waals surface area contributed by atoms with Crippen LogP contribution < -0.4 is 4.74 Å². The number of aliphatic hydroxyl groups is 1. The molecule has 3 heteroatoms. The van der Waals surface area contributed by atoms with E-state index in [-0.39, 0.29) is 0 Å². The van der Waals surface area contributed by atoms with E-state index in [0.29, 0.717) is 6.61 Å². The summed E-state index contributed by atoms with van der Waals surface area (Å²) in [5.41, 5.74) is 1.38. The molecular formula is C13H18O3. The minimum absolute atomic E-state index is 0.610. The lowest BCUT2D eigenvalue weighted by Gasteiger charge is -2.30. The molecule has 0 bridgehead atoms. The van der Waals surface area contributed by atoms with E-state index >= 15 is 0 Å². The van der Waals surface area contributed by atoms with Crippen molar-refractivity contribution >= 4 is 0 Å². The zero-order valence-corrected chi connectivity index (χ0v) is 9.99. The van der Waals surface area contributed by atoms with Crippen LogP contribution in [0.4, 0.5) is 0 Å². The highest BCUT2D eigenvalue weighted by Gasteiger charge is 2.32. The molecule has 88 valence electrons. The van der Waals surface area contributed by atoms with Gasteiger partial charge in [0.15, 0.2) is 0 Å². The maximum Gasteiger partial charge on any atom is 0.128 e. The third-order valence-corrected chi connectivity index (χ3v) is 3.22. The first-order valence-corrected chi connectivity index (χ1v) is 5.54. The summed E-state index contributed by atoms with van der Waals surface area (Å²) in [6.45, 7) is 4.44. The average molecular weight is 222 g/mol. The summed E-state index contributed by atoms with van der Waals surface area (Å²) in [7, 11) is 1.60. The fraction of sp³-hybridized carbons (Fsp3) is 0.538. The first-order valence-electron chi connectivity index (χ1n) is 5.54. The molecule has 1 N–H and O–H groups in total. The molecule has 1 aliphatic heterocycles. The fourth-order valence-corrected chi connectivity index (χ4v) is 1.94. The van der Waals surface area contributed by atoms with E-state index in [2.05, 4.69) is 0 Å². The van der Waals surface area contributed by atoms with Crippen LogP contribution in [0, 0.1) is 0 Å². The van der Waals surface area contributed by atoms with Gasteiger partial charge in [0.1, 0.15) is 11.9 Å². The number of hydrogen-bond donors (Lipinski definition) is 1. The van der Waals surface area contributed by atoms with Gasteiger partial charge in [-0.15, -0.1) is 0 Å². The smallest absolute Gasteiger partial charge is 0.128 e. The van der Waals surface area contributed by atoms with Gasteiger partial charge in [0, 0.05) is 19.1 Å². The molecule has 16 heavy (non-hydrogen) atoms. The second-order valence-corrected chi connectivity index (χ2v) is 4.64. The standard InChI is InChI=1S/C13H18O3/c1-13(2,15-3)12(14)10-6-4-5-9-7-8-16-11(9)10/h4-6,12,14H,7-8H2,1-3H3. The van der Waals surface area contributed by atoms with E-state index in [1.807, 2.05) is 32.0 Å². The molecule has 1 aliphatic rings. The molecular weight excluding hydrogens is 204 g/mol. The van der Waals surface area contributed by atoms with E-state index < -0.39 is 11.7 Å². The summed E-state index contributed by atoms with van der Waals surface area (Å²) in [5, 5.41) is 10.3. The van der Waals surface area contributed by atoms with Crippen molar-refractivity contribution < 1.29 is 14.6 Å². The van der Waals surface area contributed by atoms with Gasteiger partial charge in [0.25, 0.3) is 0 Å². The Morgan fingerprint density at radius 3 is 2.88 bits per heavy atom. The monoisotopic (exact) mass is 222 g/mol. The van der Waals surface area contributed by atoms with Crippen LogP contribution in [-0.4, -0.2) is 24.4 Å². The van der Waals surface area contributed by atoms with Crippen molar-refractivity contribution in [2.45, 2.75) is 32.0 Å². The van der Waals surface area contributed by atoms with Crippen molar-refractivity contribution in [3.05, 3.63) is 29.3 Å². The molecule has 1 atom stereocenters. The highest BCUT2D eigenvalue weighted by molar-refractivity contribution is 5.45. The molecule has 0 saturated heterocycles. The minimum Gasteiger partial charge on any atom is -0.493 e. The summed E-state index contributed by atoms with van der Waals surface area (Å²) in [6, 6.07) is 5.89. The Kier molecular flexibility index (Phi) is 2.91. The lowest BCUT2D eigenvalue weighted by Crippen LogP contribution is -2.31. The molecule has 1 aromatic carbocycles. The largest absolute Gasteiger partial charge is 0.493 e. The molecule has 2 rings (SSSR count). The molecule has 0 spiro atoms. The number of fused-ring (bicyclic) bond motifs is 1. The Bertz CT molecular complexity index is 385. The molecule has 0 aliphatic carbocycles. The molecule has 0 amide bonds. The number of aliphatic hydroxyl groups excluding tert-OH is 1. The van der Waals surface area contributed by atoms with Crippen LogP contribution in [0.5, 0.6) is 5.75 Å². The predicted molar refractivity (Wildman–Crippen MR) is 61.7 cm³/mol. The maximum absolute atomic E-state index is 10.3. The number of ether oxygens (including phenoxy) is 2. The molecule has 1 heterocycles. The zero-order chi connectivity index (χ0) is 11.8. The highest BCUT2D eigenvalue weighted by atomic mass is 16.5. The molecule has 1 unspecified atom stereocenters. The number of benzene rings is 1. The van der Waals surface area contributed by atoms with Crippen molar-refractivity contribution in [1.82, 2.24) is 0 Å². The van der Waals surface area contributed by atoms with Gasteiger partial charge in [-0.1, -0.05) is 18.2 Å². The van der Waals surface area contributed by atoms with E-state index in [4.69, 9.17) is 9.47 Å². The van der Waals surface area contributed by atoms with Gasteiger partial charge in [-0.2, -0.15) is 0 Å². The minimum atomic E-state index is -0.675. The molecule has 0 aromatic heterocycles. The molecule has 0 radical (unpaired) electrons. The fourth-order valence-electron chi connectivity index (χ4n) is 1.94. The lowest BCUT2D eigenvalue weighted by atomic mass is 9.92. The van der Waals surface area contributed by atoms with Crippen molar-refractivity contribution in [3.63, 3.8) is 0 Å². The average Bonchev–Trinajstić information content (AvgIpc) is 2.75. The van der Waals surface area contributed by atoms with Gasteiger partial charge in [0.05, 0.1) is 12.2 Å². The molecule has 3 nitrogen and oxygen atoms in total. The van der Waals surface area contributed by atoms with Crippen LogP contribution in [0.15, 0.2) is 18.2 Å². The van der Waals surface area contributed by atoms with Gasteiger partial charge in [-0.25, -0.2) is 0 Å². The second kappa shape index (κ2) is 4.07. The van der Waals surface area contributed by atoms with Gasteiger partial charge in [-0.05, 0) is 19.4 Å². The van der Waals surface area contributed by atoms with Crippen molar-refractivity contribution in [1.29, 1.82) is 0 Å². The molecule has 1 aromatic rings. The number of rotatable bonds is 3. The van der Waals surface area contributed by atoms with Gasteiger partial charge < -0.3 is 14.6 Å². The van der Waals surface area contributed by atoms with Crippen LogP contribution in [0.1, 0.15) is 31.1 Å². The topological polar surface area (TPSA) is 38.7 Å². The lowest BCUT2D eigenvalue weighted by molar-refractivity contribution is -0.0800. The molecule has 0 saturated carbocycles. The summed E-state index contributed by atoms with van der Waals surface area (Å²) in [6.07, 6.45) is 0.245. The Balaban J connectivity index is 2.38. The summed E-state index contributed by atoms with van der Waals surface area (Å²) >= 11 is 0. The van der Waals surface area contributed by atoms with Gasteiger partial charge in [0.2, 0.25) is 0 Å². The SMILES string of the molecule is COC(C)(C)C(O)c1cccc2c1OCC2. The number of hydrogen-bond acceptors (Lipinski definition) is 3. The summed E-state index contributed by atoms with van der Waals surface area (Å²) in [4.78, 5) is 0. The van der Waals surface area contributed by atoms with E-state index in [1.165, 1.54) is 5.56 Å². The Hall–Kier alpha value is -1.06. The summed E-state index contributed by atoms with van der Waals surface area (Å²) < 4.78 is 10.9.